The lowest BCUT2D eigenvalue weighted by Crippen LogP contribution is -2.53. The molecule has 124 valence electrons. The van der Waals surface area contributed by atoms with Gasteiger partial charge in [-0.25, -0.2) is 0 Å². The van der Waals surface area contributed by atoms with Gasteiger partial charge in [-0.05, 0) is 43.9 Å². The molecule has 2 aliphatic rings. The van der Waals surface area contributed by atoms with E-state index in [0.29, 0.717) is 12.8 Å². The van der Waals surface area contributed by atoms with E-state index in [-0.39, 0.29) is 24.4 Å². The van der Waals surface area contributed by atoms with Gasteiger partial charge in [-0.2, -0.15) is 0 Å². The Labute approximate surface area is 124 Å². The van der Waals surface area contributed by atoms with Gasteiger partial charge in [0.2, 0.25) is 0 Å². The molecule has 4 unspecified atom stereocenters. The Morgan fingerprint density at radius 1 is 1.10 bits per heavy atom. The van der Waals surface area contributed by atoms with Crippen LogP contribution in [-0.2, 0) is 9.13 Å². The summed E-state index contributed by atoms with van der Waals surface area (Å²) in [5, 5.41) is 3.46. The predicted molar refractivity (Wildman–Crippen MR) is 78.9 cm³/mol. The van der Waals surface area contributed by atoms with Gasteiger partial charge in [0.25, 0.3) is 0 Å². The molecule has 5 N–H and O–H groups in total. The van der Waals surface area contributed by atoms with Crippen molar-refractivity contribution in [3.05, 3.63) is 0 Å². The average Bonchev–Trinajstić information content (AvgIpc) is 2.76. The van der Waals surface area contributed by atoms with Gasteiger partial charge in [0.05, 0.1) is 0 Å². The Morgan fingerprint density at radius 2 is 1.67 bits per heavy atom. The monoisotopic (exact) mass is 341 g/mol. The number of hydrogen-bond donors (Lipinski definition) is 5. The van der Waals surface area contributed by atoms with Crippen LogP contribution in [0.4, 0.5) is 0 Å². The van der Waals surface area contributed by atoms with Gasteiger partial charge in [0, 0.05) is 12.1 Å². The van der Waals surface area contributed by atoms with Crippen LogP contribution in [0.3, 0.4) is 0 Å². The summed E-state index contributed by atoms with van der Waals surface area (Å²) in [6.07, 6.45) is 2.32. The minimum Gasteiger partial charge on any atom is -0.324 e. The number of hydrogen-bond acceptors (Lipinski definition) is 3. The molecule has 0 radical (unpaired) electrons. The summed E-state index contributed by atoms with van der Waals surface area (Å²) in [4.78, 5) is 36.8. The molecule has 7 nitrogen and oxygen atoms in total. The summed E-state index contributed by atoms with van der Waals surface area (Å²) in [7, 11) is -9.84. The fourth-order valence-electron chi connectivity index (χ4n) is 4.35. The van der Waals surface area contributed by atoms with Crippen LogP contribution in [-0.4, -0.2) is 36.6 Å². The summed E-state index contributed by atoms with van der Waals surface area (Å²) in [6.45, 7) is 3.96. The standard InChI is InChI=1S/C12H25NO6P2/c1-3-8-7-10-9(11(4-2)13-8)5-6-12(10,20(14,15)16)21(17,18)19/h8-11,13H,3-7H2,1-2H3,(H2,14,15,16)(H2,17,18,19). The van der Waals surface area contributed by atoms with Crippen molar-refractivity contribution < 1.29 is 28.7 Å². The van der Waals surface area contributed by atoms with Gasteiger partial charge in [-0.15, -0.1) is 0 Å². The van der Waals surface area contributed by atoms with Crippen molar-refractivity contribution in [2.24, 2.45) is 11.8 Å². The van der Waals surface area contributed by atoms with E-state index in [1.807, 2.05) is 13.8 Å². The highest BCUT2D eigenvalue weighted by Crippen LogP contribution is 2.78. The van der Waals surface area contributed by atoms with Gasteiger partial charge >= 0.3 is 15.2 Å². The molecule has 0 bridgehead atoms. The molecule has 1 saturated carbocycles. The fraction of sp³-hybridized carbons (Fsp3) is 1.00. The Morgan fingerprint density at radius 3 is 2.10 bits per heavy atom. The van der Waals surface area contributed by atoms with Crippen molar-refractivity contribution in [3.8, 4) is 0 Å². The quantitative estimate of drug-likeness (QED) is 0.492. The zero-order valence-corrected chi connectivity index (χ0v) is 14.1. The van der Waals surface area contributed by atoms with Gasteiger partial charge in [-0.1, -0.05) is 13.8 Å². The molecule has 0 aromatic carbocycles. The third-order valence-corrected chi connectivity index (χ3v) is 10.1. The normalized spacial score (nSPS) is 36.5. The predicted octanol–water partition coefficient (Wildman–Crippen LogP) is 1.61. The van der Waals surface area contributed by atoms with E-state index in [9.17, 15) is 28.7 Å². The number of fused-ring (bicyclic) bond motifs is 1. The summed E-state index contributed by atoms with van der Waals surface area (Å²) in [5.41, 5.74) is 0. The Bertz CT molecular complexity index is 464. The summed E-state index contributed by atoms with van der Waals surface area (Å²) in [6, 6.07) is 0.112. The summed E-state index contributed by atoms with van der Waals surface area (Å²) in [5.74, 6) is -0.714. The van der Waals surface area contributed by atoms with Crippen LogP contribution < -0.4 is 5.32 Å². The second-order valence-electron chi connectivity index (χ2n) is 6.30. The zero-order valence-electron chi connectivity index (χ0n) is 12.3. The molecule has 4 atom stereocenters. The molecule has 2 rings (SSSR count). The largest absolute Gasteiger partial charge is 0.344 e. The molecular weight excluding hydrogens is 316 g/mol. The van der Waals surface area contributed by atoms with E-state index < -0.39 is 26.0 Å². The van der Waals surface area contributed by atoms with Crippen molar-refractivity contribution in [1.82, 2.24) is 5.32 Å². The van der Waals surface area contributed by atoms with E-state index in [4.69, 9.17) is 0 Å². The number of piperidine rings is 1. The topological polar surface area (TPSA) is 127 Å². The van der Waals surface area contributed by atoms with Gasteiger partial charge in [0.1, 0.15) is 0 Å². The summed E-state index contributed by atoms with van der Waals surface area (Å²) < 4.78 is 24.1. The van der Waals surface area contributed by atoms with E-state index in [1.165, 1.54) is 0 Å². The van der Waals surface area contributed by atoms with E-state index >= 15 is 0 Å². The smallest absolute Gasteiger partial charge is 0.324 e. The van der Waals surface area contributed by atoms with Gasteiger partial charge in [-0.3, -0.25) is 9.13 Å². The van der Waals surface area contributed by atoms with Crippen LogP contribution in [0.5, 0.6) is 0 Å². The molecule has 0 aromatic heterocycles. The lowest BCUT2D eigenvalue weighted by atomic mass is 9.78. The molecule has 1 aliphatic carbocycles. The molecule has 9 heteroatoms. The lowest BCUT2D eigenvalue weighted by Gasteiger charge is -2.45. The molecule has 21 heavy (non-hydrogen) atoms. The van der Waals surface area contributed by atoms with Crippen molar-refractivity contribution in [1.29, 1.82) is 0 Å². The van der Waals surface area contributed by atoms with E-state index in [1.54, 1.807) is 0 Å². The second kappa shape index (κ2) is 5.72. The first-order valence-corrected chi connectivity index (χ1v) is 10.7. The summed E-state index contributed by atoms with van der Waals surface area (Å²) >= 11 is 0. The Kier molecular flexibility index (Phi) is 4.79. The van der Waals surface area contributed by atoms with Crippen molar-refractivity contribution in [2.45, 2.75) is 62.9 Å². The van der Waals surface area contributed by atoms with Crippen LogP contribution in [0.15, 0.2) is 0 Å². The van der Waals surface area contributed by atoms with Crippen LogP contribution in [0.25, 0.3) is 0 Å². The highest BCUT2D eigenvalue weighted by Gasteiger charge is 2.70. The maximum Gasteiger partial charge on any atom is 0.344 e. The first kappa shape index (κ1) is 17.6. The minimum absolute atomic E-state index is 0.0479. The van der Waals surface area contributed by atoms with Crippen molar-refractivity contribution >= 4 is 15.2 Å². The molecule has 2 fully saturated rings. The van der Waals surface area contributed by atoms with Crippen LogP contribution in [0.2, 0.25) is 0 Å². The maximum atomic E-state index is 12.0. The fourth-order valence-corrected chi connectivity index (χ4v) is 8.01. The third kappa shape index (κ3) is 2.67. The first-order valence-electron chi connectivity index (χ1n) is 7.45. The highest BCUT2D eigenvalue weighted by molar-refractivity contribution is 7.72. The SMILES string of the molecule is CCC1CC2C(CCC2(P(=O)(O)O)P(=O)(O)O)C(CC)N1. The molecule has 0 amide bonds. The van der Waals surface area contributed by atoms with Crippen LogP contribution in [0, 0.1) is 11.8 Å². The molecule has 1 heterocycles. The number of nitrogens with one attached hydrogen (secondary N) is 1. The van der Waals surface area contributed by atoms with E-state index in [0.717, 1.165) is 12.8 Å². The average molecular weight is 341 g/mol. The van der Waals surface area contributed by atoms with E-state index in [2.05, 4.69) is 5.32 Å². The molecule has 1 saturated heterocycles. The molecule has 0 spiro atoms. The third-order valence-electron chi connectivity index (χ3n) is 5.40. The van der Waals surface area contributed by atoms with Crippen molar-refractivity contribution in [2.75, 3.05) is 0 Å². The van der Waals surface area contributed by atoms with Crippen molar-refractivity contribution in [3.63, 3.8) is 0 Å². The van der Waals surface area contributed by atoms with Crippen LogP contribution >= 0.6 is 15.2 Å². The van der Waals surface area contributed by atoms with Crippen LogP contribution in [0.1, 0.15) is 46.0 Å². The number of rotatable bonds is 4. The Balaban J connectivity index is 2.50. The molecule has 0 aromatic rings. The lowest BCUT2D eigenvalue weighted by molar-refractivity contribution is 0.149. The second-order valence-corrected chi connectivity index (χ2v) is 10.4. The maximum absolute atomic E-state index is 12.0. The first-order chi connectivity index (χ1) is 9.58. The molecule has 1 aliphatic heterocycles. The van der Waals surface area contributed by atoms with Gasteiger partial charge < -0.3 is 24.9 Å². The minimum atomic E-state index is -4.92. The van der Waals surface area contributed by atoms with Gasteiger partial charge in [0.15, 0.2) is 4.90 Å². The Hall–Kier alpha value is 0.260. The zero-order chi connectivity index (χ0) is 16.1. The molecular formula is C12H25NO6P2. The highest BCUT2D eigenvalue weighted by atomic mass is 31.2.